The van der Waals surface area contributed by atoms with Gasteiger partial charge in [0.15, 0.2) is 0 Å². The van der Waals surface area contributed by atoms with Gasteiger partial charge in [0.1, 0.15) is 12.4 Å². The van der Waals surface area contributed by atoms with E-state index in [0.29, 0.717) is 29.0 Å². The molecule has 180 valence electrons. The second-order valence-corrected chi connectivity index (χ2v) is 8.24. The predicted octanol–water partition coefficient (Wildman–Crippen LogP) is 6.30. The van der Waals surface area contributed by atoms with E-state index in [1.54, 1.807) is 38.1 Å². The highest BCUT2D eigenvalue weighted by atomic mass is 16.6. The second kappa shape index (κ2) is 11.1. The number of carbonyl (C=O) groups is 1. The van der Waals surface area contributed by atoms with Crippen LogP contribution in [0.25, 0.3) is 11.1 Å². The lowest BCUT2D eigenvalue weighted by molar-refractivity contribution is -0.385. The van der Waals surface area contributed by atoms with E-state index < -0.39 is 4.92 Å². The number of nitro groups is 1. The quantitative estimate of drug-likeness (QED) is 0.182. The van der Waals surface area contributed by atoms with Gasteiger partial charge in [0, 0.05) is 28.3 Å². The molecule has 1 N–H and O–H groups in total. The lowest BCUT2D eigenvalue weighted by atomic mass is 10.0. The first-order valence-corrected chi connectivity index (χ1v) is 11.4. The van der Waals surface area contributed by atoms with Crippen molar-refractivity contribution < 1.29 is 14.5 Å². The fourth-order valence-electron chi connectivity index (χ4n) is 3.66. The monoisotopic (exact) mass is 479 g/mol. The van der Waals surface area contributed by atoms with Crippen molar-refractivity contribution in [1.29, 1.82) is 0 Å². The summed E-state index contributed by atoms with van der Waals surface area (Å²) in [6.07, 6.45) is 0. The topological polar surface area (TPSA) is 93.8 Å². The summed E-state index contributed by atoms with van der Waals surface area (Å²) in [5, 5.41) is 15.3. The van der Waals surface area contributed by atoms with Crippen LogP contribution in [0.2, 0.25) is 0 Å². The van der Waals surface area contributed by atoms with Crippen LogP contribution in [-0.2, 0) is 6.61 Å². The van der Waals surface area contributed by atoms with E-state index in [4.69, 9.17) is 4.74 Å². The molecule has 4 aromatic carbocycles. The van der Waals surface area contributed by atoms with E-state index in [1.165, 1.54) is 6.07 Å². The summed E-state index contributed by atoms with van der Waals surface area (Å²) in [7, 11) is 0. The zero-order valence-electron chi connectivity index (χ0n) is 20.0. The number of rotatable bonds is 8. The maximum Gasteiger partial charge on any atom is 0.272 e. The molecule has 0 saturated carbocycles. The summed E-state index contributed by atoms with van der Waals surface area (Å²) in [4.78, 5) is 23.3. The molecule has 1 amide bonds. The van der Waals surface area contributed by atoms with Crippen molar-refractivity contribution in [3.8, 4) is 16.9 Å². The van der Waals surface area contributed by atoms with Gasteiger partial charge in [0.25, 0.3) is 11.6 Å². The molecule has 4 rings (SSSR count). The third kappa shape index (κ3) is 5.82. The Hall–Kier alpha value is -4.78. The lowest BCUT2D eigenvalue weighted by Gasteiger charge is -2.12. The molecule has 0 radical (unpaired) electrons. The van der Waals surface area contributed by atoms with Gasteiger partial charge < -0.3 is 4.74 Å². The van der Waals surface area contributed by atoms with Crippen LogP contribution in [0.15, 0.2) is 102 Å². The maximum absolute atomic E-state index is 12.5. The largest absolute Gasteiger partial charge is 0.488 e. The average Bonchev–Trinajstić information content (AvgIpc) is 2.91. The summed E-state index contributed by atoms with van der Waals surface area (Å²) in [5.41, 5.74) is 7.57. The number of hydrogen-bond donors (Lipinski definition) is 1. The lowest BCUT2D eigenvalue weighted by Crippen LogP contribution is -2.19. The Labute approximate surface area is 209 Å². The Balaban J connectivity index is 1.39. The minimum Gasteiger partial charge on any atom is -0.488 e. The molecule has 7 heteroatoms. The number of nitrogens with one attached hydrogen (secondary N) is 1. The molecule has 0 bridgehead atoms. The van der Waals surface area contributed by atoms with Crippen LogP contribution in [-0.4, -0.2) is 16.5 Å². The zero-order valence-corrected chi connectivity index (χ0v) is 20.0. The smallest absolute Gasteiger partial charge is 0.272 e. The molecule has 0 aromatic heterocycles. The van der Waals surface area contributed by atoms with E-state index in [2.05, 4.69) is 10.5 Å². The fraction of sp³-hybridized carbons (Fsp3) is 0.103. The number of hydrogen-bond acceptors (Lipinski definition) is 5. The van der Waals surface area contributed by atoms with Gasteiger partial charge in [-0.1, -0.05) is 72.8 Å². The number of benzene rings is 4. The van der Waals surface area contributed by atoms with Crippen molar-refractivity contribution in [2.45, 2.75) is 20.5 Å². The molecule has 0 saturated heterocycles. The summed E-state index contributed by atoms with van der Waals surface area (Å²) < 4.78 is 6.07. The number of hydrazone groups is 1. The van der Waals surface area contributed by atoms with Crippen LogP contribution in [0, 0.1) is 17.0 Å². The van der Waals surface area contributed by atoms with Gasteiger partial charge in [0.2, 0.25) is 0 Å². The number of para-hydroxylation sites is 1. The fourth-order valence-corrected chi connectivity index (χ4v) is 3.66. The Bertz CT molecular complexity index is 1410. The van der Waals surface area contributed by atoms with Crippen molar-refractivity contribution in [3.05, 3.63) is 129 Å². The van der Waals surface area contributed by atoms with E-state index in [-0.39, 0.29) is 11.6 Å². The number of ether oxygens (including phenoxy) is 1. The molecule has 0 aliphatic rings. The molecule has 7 nitrogen and oxygen atoms in total. The highest BCUT2D eigenvalue weighted by Gasteiger charge is 2.13. The highest BCUT2D eigenvalue weighted by molar-refractivity contribution is 6.01. The number of amides is 1. The number of nitrogens with zero attached hydrogens (tertiary/aromatic N) is 2. The molecule has 4 aromatic rings. The van der Waals surface area contributed by atoms with Crippen LogP contribution in [0.3, 0.4) is 0 Å². The third-order valence-electron chi connectivity index (χ3n) is 5.73. The third-order valence-corrected chi connectivity index (χ3v) is 5.73. The Morgan fingerprint density at radius 1 is 0.917 bits per heavy atom. The molecular weight excluding hydrogens is 454 g/mol. The molecule has 0 fully saturated rings. The molecular formula is C29H25N3O4. The van der Waals surface area contributed by atoms with Crippen molar-refractivity contribution in [1.82, 2.24) is 5.43 Å². The standard InChI is InChI=1S/C29H25N3O4/c1-20-12-15-25(18-27(20)32(34)35)21(2)30-31-29(33)24-16-13-22(14-17-24)19-36-28-11-7-6-10-26(28)23-8-4-3-5-9-23/h3-18H,19H2,1-2H3,(H,31,33)/b30-21+. The van der Waals surface area contributed by atoms with Crippen LogP contribution < -0.4 is 10.2 Å². The summed E-state index contributed by atoms with van der Waals surface area (Å²) in [6.45, 7) is 3.71. The molecule has 0 atom stereocenters. The number of carbonyl (C=O) groups excluding carboxylic acids is 1. The van der Waals surface area contributed by atoms with Crippen LogP contribution >= 0.6 is 0 Å². The SMILES string of the molecule is C/C(=N\NC(=O)c1ccc(COc2ccccc2-c2ccccc2)cc1)c1ccc(C)c([N+](=O)[O-])c1. The first-order chi connectivity index (χ1) is 17.4. The minimum atomic E-state index is -0.434. The number of aryl methyl sites for hydroxylation is 1. The van der Waals surface area contributed by atoms with Gasteiger partial charge >= 0.3 is 0 Å². The van der Waals surface area contributed by atoms with Gasteiger partial charge in [-0.2, -0.15) is 5.10 Å². The molecule has 0 heterocycles. The van der Waals surface area contributed by atoms with Crippen molar-refractivity contribution in [2.75, 3.05) is 0 Å². The van der Waals surface area contributed by atoms with Crippen molar-refractivity contribution >= 4 is 17.3 Å². The maximum atomic E-state index is 12.5. The van der Waals surface area contributed by atoms with Crippen molar-refractivity contribution in [3.63, 3.8) is 0 Å². The molecule has 0 unspecified atom stereocenters. The van der Waals surface area contributed by atoms with E-state index in [0.717, 1.165) is 22.4 Å². The van der Waals surface area contributed by atoms with Crippen LogP contribution in [0.1, 0.15) is 34.0 Å². The molecule has 36 heavy (non-hydrogen) atoms. The molecule has 0 spiro atoms. The van der Waals surface area contributed by atoms with Gasteiger partial charge in [-0.15, -0.1) is 0 Å². The summed E-state index contributed by atoms with van der Waals surface area (Å²) in [5.74, 6) is 0.407. The van der Waals surface area contributed by atoms with E-state index >= 15 is 0 Å². The van der Waals surface area contributed by atoms with Crippen LogP contribution in [0.5, 0.6) is 5.75 Å². The van der Waals surface area contributed by atoms with Crippen molar-refractivity contribution in [2.24, 2.45) is 5.10 Å². The van der Waals surface area contributed by atoms with Gasteiger partial charge in [0.05, 0.1) is 10.6 Å². The number of nitro benzene ring substituents is 1. The summed E-state index contributed by atoms with van der Waals surface area (Å²) in [6, 6.07) is 29.8. The Morgan fingerprint density at radius 2 is 1.58 bits per heavy atom. The first-order valence-electron chi connectivity index (χ1n) is 11.4. The van der Waals surface area contributed by atoms with E-state index in [1.807, 2.05) is 66.7 Å². The molecule has 0 aliphatic heterocycles. The molecule has 0 aliphatic carbocycles. The Kier molecular flexibility index (Phi) is 7.51. The second-order valence-electron chi connectivity index (χ2n) is 8.24. The first kappa shape index (κ1) is 24.3. The highest BCUT2D eigenvalue weighted by Crippen LogP contribution is 2.30. The normalized spacial score (nSPS) is 11.1. The predicted molar refractivity (Wildman–Crippen MR) is 140 cm³/mol. The van der Waals surface area contributed by atoms with Crippen LogP contribution in [0.4, 0.5) is 5.69 Å². The van der Waals surface area contributed by atoms with Gasteiger partial charge in [-0.25, -0.2) is 5.43 Å². The van der Waals surface area contributed by atoms with Gasteiger partial charge in [-0.05, 0) is 43.2 Å². The minimum absolute atomic E-state index is 0.0116. The van der Waals surface area contributed by atoms with Gasteiger partial charge in [-0.3, -0.25) is 14.9 Å². The Morgan fingerprint density at radius 3 is 2.31 bits per heavy atom. The summed E-state index contributed by atoms with van der Waals surface area (Å²) >= 11 is 0. The van der Waals surface area contributed by atoms with E-state index in [9.17, 15) is 14.9 Å². The zero-order chi connectivity index (χ0) is 25.5. The average molecular weight is 480 g/mol.